The second-order valence-corrected chi connectivity index (χ2v) is 9.15. The van der Waals surface area contributed by atoms with Crippen molar-refractivity contribution in [1.29, 1.82) is 0 Å². The maximum atomic E-state index is 14.5. The topological polar surface area (TPSA) is 134 Å². The molecule has 11 heteroatoms. The monoisotopic (exact) mass is 552 g/mol. The molecule has 2 atom stereocenters. The highest BCUT2D eigenvalue weighted by atomic mass is 19.4. The van der Waals surface area contributed by atoms with E-state index in [0.717, 1.165) is 5.56 Å². The minimum Gasteiger partial charge on any atom is -0.497 e. The molecule has 0 bridgehead atoms. The molecule has 40 heavy (non-hydrogen) atoms. The lowest BCUT2D eigenvalue weighted by molar-refractivity contribution is -0.198. The van der Waals surface area contributed by atoms with Crippen LogP contribution in [-0.4, -0.2) is 40.4 Å². The number of nitrogens with zero attached hydrogens (tertiary/aromatic N) is 2. The van der Waals surface area contributed by atoms with Crippen molar-refractivity contribution < 1.29 is 32.5 Å². The van der Waals surface area contributed by atoms with E-state index < -0.39 is 24.3 Å². The number of methoxy groups -OCH3 is 1. The number of aliphatic carboxylic acids is 1. The van der Waals surface area contributed by atoms with E-state index >= 15 is 0 Å². The Morgan fingerprint density at radius 1 is 0.975 bits per heavy atom. The molecule has 0 saturated carbocycles. The second-order valence-electron chi connectivity index (χ2n) is 9.15. The average Bonchev–Trinajstić information content (AvgIpc) is 2.91. The van der Waals surface area contributed by atoms with E-state index in [1.54, 1.807) is 67.6 Å². The molecule has 4 rings (SSSR count). The van der Waals surface area contributed by atoms with Crippen molar-refractivity contribution in [2.24, 2.45) is 5.73 Å². The van der Waals surface area contributed by atoms with Gasteiger partial charge in [-0.05, 0) is 42.2 Å². The van der Waals surface area contributed by atoms with E-state index in [0.29, 0.717) is 28.0 Å². The Morgan fingerprint density at radius 3 is 2.23 bits per heavy atom. The van der Waals surface area contributed by atoms with Crippen molar-refractivity contribution in [3.05, 3.63) is 89.5 Å². The van der Waals surface area contributed by atoms with Gasteiger partial charge in [0.2, 0.25) is 17.9 Å². The number of aromatic nitrogens is 2. The van der Waals surface area contributed by atoms with Gasteiger partial charge in [-0.15, -0.1) is 0 Å². The molecule has 0 amide bonds. The number of benzene rings is 3. The van der Waals surface area contributed by atoms with Crippen LogP contribution in [0, 0.1) is 6.92 Å². The molecule has 208 valence electrons. The number of rotatable bonds is 9. The number of ether oxygens (including phenoxy) is 2. The highest BCUT2D eigenvalue weighted by molar-refractivity contribution is 5.73. The molecular formula is C29H27F3N4O4. The van der Waals surface area contributed by atoms with Gasteiger partial charge in [-0.1, -0.05) is 60.2 Å². The third-order valence-corrected chi connectivity index (χ3v) is 6.17. The summed E-state index contributed by atoms with van der Waals surface area (Å²) in [6.45, 7) is 1.79. The third-order valence-electron chi connectivity index (χ3n) is 6.17. The summed E-state index contributed by atoms with van der Waals surface area (Å²) >= 11 is 0. The summed E-state index contributed by atoms with van der Waals surface area (Å²) in [6, 6.07) is 18.1. The highest BCUT2D eigenvalue weighted by Gasteiger charge is 2.44. The van der Waals surface area contributed by atoms with Crippen molar-refractivity contribution in [2.75, 3.05) is 12.8 Å². The molecule has 0 radical (unpaired) electrons. The zero-order valence-corrected chi connectivity index (χ0v) is 21.6. The van der Waals surface area contributed by atoms with Crippen LogP contribution in [0.5, 0.6) is 11.6 Å². The first-order valence-corrected chi connectivity index (χ1v) is 12.1. The van der Waals surface area contributed by atoms with Gasteiger partial charge in [0, 0.05) is 17.2 Å². The number of carboxylic acid groups (broad SMARTS) is 1. The first kappa shape index (κ1) is 28.4. The number of aryl methyl sites for hydroxylation is 1. The number of hydrogen-bond donors (Lipinski definition) is 3. The van der Waals surface area contributed by atoms with Crippen LogP contribution in [0.2, 0.25) is 0 Å². The van der Waals surface area contributed by atoms with Crippen LogP contribution in [0.25, 0.3) is 22.4 Å². The fourth-order valence-corrected chi connectivity index (χ4v) is 4.15. The van der Waals surface area contributed by atoms with Crippen molar-refractivity contribution in [3.63, 3.8) is 0 Å². The van der Waals surface area contributed by atoms with Crippen LogP contribution in [0.1, 0.15) is 22.8 Å². The van der Waals surface area contributed by atoms with Gasteiger partial charge in [0.05, 0.1) is 12.8 Å². The summed E-state index contributed by atoms with van der Waals surface area (Å²) in [5.41, 5.74) is 14.4. The number of carboxylic acids is 1. The number of hydrogen-bond acceptors (Lipinski definition) is 7. The molecule has 1 heterocycles. The SMILES string of the molecule is COc1ccc(-c2cc(C)ccc2C(Oc2cc(-c3ccc(C[C@H](N)C(=O)O)cc3)nc(N)n2)C(F)(F)F)cc1. The predicted molar refractivity (Wildman–Crippen MR) is 144 cm³/mol. The van der Waals surface area contributed by atoms with Gasteiger partial charge in [-0.25, -0.2) is 4.98 Å². The van der Waals surface area contributed by atoms with Gasteiger partial charge >= 0.3 is 12.1 Å². The fourth-order valence-electron chi connectivity index (χ4n) is 4.15. The summed E-state index contributed by atoms with van der Waals surface area (Å²) in [4.78, 5) is 19.1. The van der Waals surface area contributed by atoms with E-state index in [9.17, 15) is 18.0 Å². The van der Waals surface area contributed by atoms with E-state index in [4.69, 9.17) is 26.0 Å². The lowest BCUT2D eigenvalue weighted by atomic mass is 9.94. The Hall–Kier alpha value is -4.64. The zero-order chi connectivity index (χ0) is 29.0. The van der Waals surface area contributed by atoms with Gasteiger partial charge < -0.3 is 26.0 Å². The molecule has 4 aromatic rings. The second kappa shape index (κ2) is 11.6. The quantitative estimate of drug-likeness (QED) is 0.253. The Labute approximate surface area is 228 Å². The van der Waals surface area contributed by atoms with Crippen molar-refractivity contribution in [3.8, 4) is 34.0 Å². The normalized spacial score (nSPS) is 12.9. The third kappa shape index (κ3) is 6.67. The lowest BCUT2D eigenvalue weighted by Gasteiger charge is -2.24. The smallest absolute Gasteiger partial charge is 0.429 e. The molecule has 0 fully saturated rings. The first-order valence-electron chi connectivity index (χ1n) is 12.1. The molecule has 3 aromatic carbocycles. The Morgan fingerprint density at radius 2 is 1.62 bits per heavy atom. The van der Waals surface area contributed by atoms with Crippen LogP contribution >= 0.6 is 0 Å². The maximum absolute atomic E-state index is 14.5. The fraction of sp³-hybridized carbons (Fsp3) is 0.207. The van der Waals surface area contributed by atoms with Gasteiger partial charge in [0.25, 0.3) is 0 Å². The van der Waals surface area contributed by atoms with Crippen molar-refractivity contribution >= 4 is 11.9 Å². The van der Waals surface area contributed by atoms with Crippen molar-refractivity contribution in [2.45, 2.75) is 31.7 Å². The molecule has 8 nitrogen and oxygen atoms in total. The van der Waals surface area contributed by atoms with Crippen LogP contribution < -0.4 is 20.9 Å². The number of nitrogen functional groups attached to an aromatic ring is 1. The van der Waals surface area contributed by atoms with Crippen LogP contribution in [0.3, 0.4) is 0 Å². The van der Waals surface area contributed by atoms with Gasteiger partial charge in [-0.3, -0.25) is 4.79 Å². The zero-order valence-electron chi connectivity index (χ0n) is 21.6. The van der Waals surface area contributed by atoms with E-state index in [-0.39, 0.29) is 29.5 Å². The highest BCUT2D eigenvalue weighted by Crippen LogP contribution is 2.41. The Bertz CT molecular complexity index is 1490. The lowest BCUT2D eigenvalue weighted by Crippen LogP contribution is -2.32. The minimum absolute atomic E-state index is 0.0962. The molecule has 0 aliphatic rings. The molecule has 0 aliphatic carbocycles. The first-order chi connectivity index (χ1) is 18.9. The molecular weight excluding hydrogens is 525 g/mol. The number of alkyl halides is 3. The molecule has 1 aromatic heterocycles. The van der Waals surface area contributed by atoms with E-state index in [1.807, 2.05) is 0 Å². The summed E-state index contributed by atoms with van der Waals surface area (Å²) in [5.74, 6) is -1.19. The summed E-state index contributed by atoms with van der Waals surface area (Å²) < 4.78 is 54.1. The number of anilines is 1. The molecule has 0 saturated heterocycles. The Kier molecular flexibility index (Phi) is 8.24. The molecule has 1 unspecified atom stereocenters. The summed E-state index contributed by atoms with van der Waals surface area (Å²) in [6.07, 6.45) is -7.04. The van der Waals surface area contributed by atoms with Crippen LogP contribution in [-0.2, 0) is 11.2 Å². The van der Waals surface area contributed by atoms with E-state index in [2.05, 4.69) is 9.97 Å². The maximum Gasteiger partial charge on any atom is 0.429 e. The predicted octanol–water partition coefficient (Wildman–Crippen LogP) is 5.35. The van der Waals surface area contributed by atoms with Crippen LogP contribution in [0.15, 0.2) is 72.8 Å². The largest absolute Gasteiger partial charge is 0.497 e. The Balaban J connectivity index is 1.69. The average molecular weight is 553 g/mol. The number of halogens is 3. The standard InChI is InChI=1S/C29H27F3N4O4/c1-16-3-12-21(22(13-16)18-8-10-20(39-2)11-9-18)26(29(30,31)32)40-25-15-24(35-28(34)36-25)19-6-4-17(5-7-19)14-23(33)27(37)38/h3-13,15,23,26H,14,33H2,1-2H3,(H,37,38)(H2,34,35,36)/t23-,26?/m0/s1. The van der Waals surface area contributed by atoms with Gasteiger partial charge in [0.1, 0.15) is 11.8 Å². The molecule has 5 N–H and O–H groups in total. The summed E-state index contributed by atoms with van der Waals surface area (Å²) in [7, 11) is 1.51. The molecule has 0 aliphatic heterocycles. The number of nitrogens with two attached hydrogens (primary N) is 2. The molecule has 0 spiro atoms. The van der Waals surface area contributed by atoms with Gasteiger partial charge in [0.15, 0.2) is 0 Å². The van der Waals surface area contributed by atoms with Crippen LogP contribution in [0.4, 0.5) is 19.1 Å². The number of carbonyl (C=O) groups is 1. The van der Waals surface area contributed by atoms with Crippen molar-refractivity contribution in [1.82, 2.24) is 9.97 Å². The summed E-state index contributed by atoms with van der Waals surface area (Å²) in [5, 5.41) is 9.01. The minimum atomic E-state index is -4.79. The van der Waals surface area contributed by atoms with Gasteiger partial charge in [-0.2, -0.15) is 18.2 Å². The van der Waals surface area contributed by atoms with E-state index in [1.165, 1.54) is 19.2 Å².